The molecule has 1 saturated heterocycles. The van der Waals surface area contributed by atoms with Gasteiger partial charge >= 0.3 is 5.69 Å². The number of rotatable bonds is 4. The molecule has 1 aliphatic heterocycles. The molecule has 1 atom stereocenters. The van der Waals surface area contributed by atoms with E-state index in [4.69, 9.17) is 4.42 Å². The summed E-state index contributed by atoms with van der Waals surface area (Å²) in [6, 6.07) is 1.72. The maximum Gasteiger partial charge on any atom is 0.329 e. The van der Waals surface area contributed by atoms with Crippen LogP contribution in [0.15, 0.2) is 20.1 Å². The maximum absolute atomic E-state index is 11.7. The van der Waals surface area contributed by atoms with Gasteiger partial charge in [0.05, 0.1) is 12.2 Å². The summed E-state index contributed by atoms with van der Waals surface area (Å²) in [4.78, 5) is 32.5. The predicted molar refractivity (Wildman–Crippen MR) is 85.7 cm³/mol. The lowest BCUT2D eigenvalue weighted by atomic mass is 10.2. The van der Waals surface area contributed by atoms with Gasteiger partial charge in [-0.15, -0.1) is 0 Å². The van der Waals surface area contributed by atoms with Crippen LogP contribution in [0.3, 0.4) is 0 Å². The molecule has 0 saturated carbocycles. The molecule has 8 nitrogen and oxygen atoms in total. The zero-order valence-electron chi connectivity index (χ0n) is 13.5. The van der Waals surface area contributed by atoms with Gasteiger partial charge in [0.2, 0.25) is 5.89 Å². The summed E-state index contributed by atoms with van der Waals surface area (Å²) >= 11 is 0. The lowest BCUT2D eigenvalue weighted by molar-refractivity contribution is 0.428. The summed E-state index contributed by atoms with van der Waals surface area (Å²) in [7, 11) is 1.46. The van der Waals surface area contributed by atoms with Crippen molar-refractivity contribution in [2.45, 2.75) is 32.9 Å². The van der Waals surface area contributed by atoms with Crippen LogP contribution in [0.1, 0.15) is 23.8 Å². The van der Waals surface area contributed by atoms with Gasteiger partial charge in [-0.1, -0.05) is 0 Å². The van der Waals surface area contributed by atoms with E-state index >= 15 is 0 Å². The first-order valence-corrected chi connectivity index (χ1v) is 7.65. The van der Waals surface area contributed by atoms with Gasteiger partial charge in [0.25, 0.3) is 5.56 Å². The minimum absolute atomic E-state index is 0.259. The highest BCUT2D eigenvalue weighted by atomic mass is 16.4. The van der Waals surface area contributed by atoms with Crippen LogP contribution in [-0.4, -0.2) is 33.7 Å². The third-order valence-corrected chi connectivity index (χ3v) is 4.27. The molecule has 8 heteroatoms. The Morgan fingerprint density at radius 2 is 2.22 bits per heavy atom. The molecule has 3 heterocycles. The van der Waals surface area contributed by atoms with Gasteiger partial charge in [0.15, 0.2) is 0 Å². The van der Waals surface area contributed by atoms with E-state index in [1.165, 1.54) is 13.1 Å². The SMILES string of the molecule is Cc1nc(CN[C@@H]2CCN(c3cc(=O)n(C)c(=O)[nH]3)C2)oc1C. The predicted octanol–water partition coefficient (Wildman–Crippen LogP) is 0.0469. The van der Waals surface area contributed by atoms with E-state index < -0.39 is 5.69 Å². The van der Waals surface area contributed by atoms with Gasteiger partial charge in [-0.3, -0.25) is 14.3 Å². The van der Waals surface area contributed by atoms with Crippen LogP contribution < -0.4 is 21.5 Å². The maximum atomic E-state index is 11.7. The summed E-state index contributed by atoms with van der Waals surface area (Å²) < 4.78 is 6.61. The number of aromatic nitrogens is 3. The highest BCUT2D eigenvalue weighted by Gasteiger charge is 2.24. The first kappa shape index (κ1) is 15.5. The number of nitrogens with zero attached hydrogens (tertiary/aromatic N) is 3. The molecule has 0 amide bonds. The van der Waals surface area contributed by atoms with Crippen molar-refractivity contribution in [3.05, 3.63) is 44.2 Å². The number of anilines is 1. The standard InChI is InChI=1S/C15H21N5O3/c1-9-10(2)23-13(17-9)7-16-11-4-5-20(8-11)12-6-14(21)19(3)15(22)18-12/h6,11,16H,4-5,7-8H2,1-3H3,(H,18,22)/t11-/m1/s1. The molecule has 23 heavy (non-hydrogen) atoms. The van der Waals surface area contributed by atoms with Crippen LogP contribution in [0.2, 0.25) is 0 Å². The topological polar surface area (TPSA) is 96.2 Å². The zero-order chi connectivity index (χ0) is 16.6. The molecule has 3 rings (SSSR count). The van der Waals surface area contributed by atoms with Crippen LogP contribution in [0.4, 0.5) is 5.82 Å². The monoisotopic (exact) mass is 319 g/mol. The highest BCUT2D eigenvalue weighted by Crippen LogP contribution is 2.16. The van der Waals surface area contributed by atoms with E-state index in [1.54, 1.807) is 0 Å². The average Bonchev–Trinajstić information content (AvgIpc) is 3.09. The molecule has 0 aliphatic carbocycles. The molecular formula is C15H21N5O3. The van der Waals surface area contributed by atoms with Crippen LogP contribution in [0.5, 0.6) is 0 Å². The van der Waals surface area contributed by atoms with E-state index in [9.17, 15) is 9.59 Å². The second-order valence-electron chi connectivity index (χ2n) is 5.92. The fourth-order valence-electron chi connectivity index (χ4n) is 2.71. The molecule has 2 aromatic heterocycles. The molecule has 1 fully saturated rings. The largest absolute Gasteiger partial charge is 0.444 e. The Bertz CT molecular complexity index is 769. The average molecular weight is 319 g/mol. The molecule has 2 N–H and O–H groups in total. The molecule has 0 bridgehead atoms. The van der Waals surface area contributed by atoms with Gasteiger partial charge in [-0.25, -0.2) is 9.78 Å². The smallest absolute Gasteiger partial charge is 0.329 e. The quantitative estimate of drug-likeness (QED) is 0.826. The molecule has 0 unspecified atom stereocenters. The Morgan fingerprint density at radius 1 is 1.43 bits per heavy atom. The molecule has 124 valence electrons. The first-order chi connectivity index (χ1) is 10.9. The van der Waals surface area contributed by atoms with Crippen molar-refractivity contribution in [3.8, 4) is 0 Å². The van der Waals surface area contributed by atoms with Crippen LogP contribution in [0.25, 0.3) is 0 Å². The minimum Gasteiger partial charge on any atom is -0.444 e. The summed E-state index contributed by atoms with van der Waals surface area (Å²) in [5.74, 6) is 2.10. The van der Waals surface area contributed by atoms with Gasteiger partial charge in [0.1, 0.15) is 11.6 Å². The Kier molecular flexibility index (Phi) is 4.08. The summed E-state index contributed by atoms with van der Waals surface area (Å²) in [5.41, 5.74) is 0.216. The molecular weight excluding hydrogens is 298 g/mol. The van der Waals surface area contributed by atoms with Crippen molar-refractivity contribution in [1.82, 2.24) is 19.9 Å². The minimum atomic E-state index is -0.394. The van der Waals surface area contributed by atoms with Crippen molar-refractivity contribution in [1.29, 1.82) is 0 Å². The van der Waals surface area contributed by atoms with Gasteiger partial charge in [-0.05, 0) is 20.3 Å². The summed E-state index contributed by atoms with van der Waals surface area (Å²) in [6.45, 7) is 5.90. The highest BCUT2D eigenvalue weighted by molar-refractivity contribution is 5.38. The third-order valence-electron chi connectivity index (χ3n) is 4.27. The van der Waals surface area contributed by atoms with E-state index in [2.05, 4.69) is 15.3 Å². The van der Waals surface area contributed by atoms with Crippen LogP contribution in [-0.2, 0) is 13.6 Å². The van der Waals surface area contributed by atoms with E-state index in [0.717, 1.165) is 35.5 Å². The second-order valence-corrected chi connectivity index (χ2v) is 5.92. The van der Waals surface area contributed by atoms with Gasteiger partial charge in [0, 0.05) is 32.2 Å². The Morgan fingerprint density at radius 3 is 2.87 bits per heavy atom. The first-order valence-electron chi connectivity index (χ1n) is 7.65. The number of H-pyrrole nitrogens is 1. The van der Waals surface area contributed by atoms with Crippen molar-refractivity contribution >= 4 is 5.82 Å². The third kappa shape index (κ3) is 3.21. The molecule has 0 spiro atoms. The molecule has 2 aromatic rings. The van der Waals surface area contributed by atoms with E-state index in [0.29, 0.717) is 18.3 Å². The number of oxazole rings is 1. The molecule has 1 aliphatic rings. The van der Waals surface area contributed by atoms with Gasteiger partial charge in [-0.2, -0.15) is 0 Å². The summed E-state index contributed by atoms with van der Waals surface area (Å²) in [6.07, 6.45) is 0.927. The lowest BCUT2D eigenvalue weighted by Gasteiger charge is -2.18. The van der Waals surface area contributed by atoms with E-state index in [-0.39, 0.29) is 11.6 Å². The summed E-state index contributed by atoms with van der Waals surface area (Å²) in [5, 5.41) is 3.41. The number of hydrogen-bond acceptors (Lipinski definition) is 6. The molecule has 0 aromatic carbocycles. The number of nitrogens with one attached hydrogen (secondary N) is 2. The van der Waals surface area contributed by atoms with E-state index in [1.807, 2.05) is 18.7 Å². The Labute approximate surface area is 133 Å². The Hall–Kier alpha value is -2.35. The number of aromatic amines is 1. The Balaban J connectivity index is 1.62. The normalized spacial score (nSPS) is 17.9. The fraction of sp³-hybridized carbons (Fsp3) is 0.533. The van der Waals surface area contributed by atoms with Crippen molar-refractivity contribution in [2.24, 2.45) is 7.05 Å². The van der Waals surface area contributed by atoms with Crippen LogP contribution in [0, 0.1) is 13.8 Å². The van der Waals surface area contributed by atoms with Crippen molar-refractivity contribution in [3.63, 3.8) is 0 Å². The number of hydrogen-bond donors (Lipinski definition) is 2. The lowest BCUT2D eigenvalue weighted by Crippen LogP contribution is -2.36. The van der Waals surface area contributed by atoms with Gasteiger partial charge < -0.3 is 14.6 Å². The van der Waals surface area contributed by atoms with Crippen molar-refractivity contribution in [2.75, 3.05) is 18.0 Å². The fourth-order valence-corrected chi connectivity index (χ4v) is 2.71. The number of aryl methyl sites for hydroxylation is 2. The second kappa shape index (κ2) is 6.04. The molecule has 0 radical (unpaired) electrons. The van der Waals surface area contributed by atoms with Crippen LogP contribution >= 0.6 is 0 Å². The zero-order valence-corrected chi connectivity index (χ0v) is 13.5. The van der Waals surface area contributed by atoms with Crippen molar-refractivity contribution < 1.29 is 4.42 Å².